The van der Waals surface area contributed by atoms with Crippen molar-refractivity contribution in [2.45, 2.75) is 6.92 Å². The summed E-state index contributed by atoms with van der Waals surface area (Å²) < 4.78 is 14.9. The second kappa shape index (κ2) is 7.87. The van der Waals surface area contributed by atoms with E-state index in [4.69, 9.17) is 8.83 Å². The maximum atomic E-state index is 6.38. The third-order valence-electron chi connectivity index (χ3n) is 8.26. The molecule has 0 atom stereocenters. The van der Waals surface area contributed by atoms with Crippen molar-refractivity contribution in [2.24, 2.45) is 0 Å². The lowest BCUT2D eigenvalue weighted by molar-refractivity contribution is 0.668. The number of fused-ring (bicyclic) bond motifs is 9. The monoisotopic (exact) mass is 513 g/mol. The van der Waals surface area contributed by atoms with E-state index in [-0.39, 0.29) is 0 Å². The van der Waals surface area contributed by atoms with Gasteiger partial charge >= 0.3 is 0 Å². The number of aromatic nitrogens is 1. The first-order chi connectivity index (χ1) is 19.7. The summed E-state index contributed by atoms with van der Waals surface area (Å²) in [6.45, 7) is 2.09. The lowest BCUT2D eigenvalue weighted by atomic mass is 10.0. The van der Waals surface area contributed by atoms with Gasteiger partial charge in [0.1, 0.15) is 22.3 Å². The molecule has 188 valence electrons. The number of para-hydroxylation sites is 2. The normalized spacial score (nSPS) is 12.1. The van der Waals surface area contributed by atoms with Crippen molar-refractivity contribution in [3.05, 3.63) is 127 Å². The molecule has 0 aliphatic heterocycles. The van der Waals surface area contributed by atoms with E-state index in [1.807, 2.05) is 0 Å². The molecular formula is C37H23NO2. The Morgan fingerprint density at radius 3 is 1.65 bits per heavy atom. The zero-order valence-electron chi connectivity index (χ0n) is 21.8. The second-order valence-corrected chi connectivity index (χ2v) is 10.7. The van der Waals surface area contributed by atoms with Gasteiger partial charge in [-0.15, -0.1) is 0 Å². The molecule has 0 saturated carbocycles. The fourth-order valence-electron chi connectivity index (χ4n) is 6.35. The molecule has 0 unspecified atom stereocenters. The topological polar surface area (TPSA) is 31.2 Å². The summed E-state index contributed by atoms with van der Waals surface area (Å²) in [5, 5.41) is 7.04. The van der Waals surface area contributed by atoms with Crippen molar-refractivity contribution >= 4 is 65.7 Å². The van der Waals surface area contributed by atoms with E-state index in [1.54, 1.807) is 0 Å². The van der Waals surface area contributed by atoms with Crippen molar-refractivity contribution in [3.8, 4) is 16.8 Å². The lowest BCUT2D eigenvalue weighted by Crippen LogP contribution is -1.93. The molecule has 0 amide bonds. The minimum Gasteiger partial charge on any atom is -0.456 e. The van der Waals surface area contributed by atoms with Crippen LogP contribution >= 0.6 is 0 Å². The summed E-state index contributed by atoms with van der Waals surface area (Å²) in [7, 11) is 0. The van der Waals surface area contributed by atoms with Gasteiger partial charge in [-0.2, -0.15) is 0 Å². The third kappa shape index (κ3) is 3.00. The Labute approximate surface area is 229 Å². The summed E-state index contributed by atoms with van der Waals surface area (Å²) in [5.74, 6) is 0. The van der Waals surface area contributed by atoms with Crippen LogP contribution in [0.4, 0.5) is 0 Å². The van der Waals surface area contributed by atoms with E-state index >= 15 is 0 Å². The highest BCUT2D eigenvalue weighted by Crippen LogP contribution is 2.38. The van der Waals surface area contributed by atoms with Gasteiger partial charge < -0.3 is 13.4 Å². The van der Waals surface area contributed by atoms with Crippen LogP contribution in [0.2, 0.25) is 0 Å². The third-order valence-corrected chi connectivity index (χ3v) is 8.26. The molecule has 0 saturated heterocycles. The Morgan fingerprint density at radius 1 is 0.425 bits per heavy atom. The van der Waals surface area contributed by atoms with E-state index in [0.29, 0.717) is 0 Å². The molecule has 3 heterocycles. The van der Waals surface area contributed by atoms with Gasteiger partial charge in [-0.1, -0.05) is 60.7 Å². The molecule has 0 bridgehead atoms. The van der Waals surface area contributed by atoms with Crippen molar-refractivity contribution in [1.29, 1.82) is 0 Å². The van der Waals surface area contributed by atoms with Crippen LogP contribution in [0.1, 0.15) is 5.56 Å². The first-order valence-electron chi connectivity index (χ1n) is 13.6. The molecule has 6 aromatic carbocycles. The summed E-state index contributed by atoms with van der Waals surface area (Å²) in [5.41, 5.74) is 10.5. The average molecular weight is 514 g/mol. The van der Waals surface area contributed by atoms with Crippen LogP contribution < -0.4 is 0 Å². The molecule has 0 N–H and O–H groups in total. The van der Waals surface area contributed by atoms with Gasteiger partial charge in [-0.05, 0) is 84.3 Å². The minimum absolute atomic E-state index is 0.882. The molecule has 0 aliphatic carbocycles. The molecule has 3 aromatic heterocycles. The molecule has 0 radical (unpaired) electrons. The zero-order chi connectivity index (χ0) is 26.4. The Morgan fingerprint density at radius 2 is 0.975 bits per heavy atom. The molecule has 0 aliphatic rings. The number of furan rings is 2. The van der Waals surface area contributed by atoms with Gasteiger partial charge in [0, 0.05) is 38.0 Å². The number of aryl methyl sites for hydroxylation is 1. The molecular weight excluding hydrogens is 490 g/mol. The Hall–Kier alpha value is -5.28. The van der Waals surface area contributed by atoms with Crippen LogP contribution in [0.15, 0.2) is 130 Å². The lowest BCUT2D eigenvalue weighted by Gasteiger charge is -2.08. The maximum Gasteiger partial charge on any atom is 0.136 e. The summed E-state index contributed by atoms with van der Waals surface area (Å²) in [6, 6.07) is 43.1. The molecule has 40 heavy (non-hydrogen) atoms. The second-order valence-electron chi connectivity index (χ2n) is 10.7. The van der Waals surface area contributed by atoms with E-state index < -0.39 is 0 Å². The molecule has 9 rings (SSSR count). The maximum absolute atomic E-state index is 6.38. The van der Waals surface area contributed by atoms with Gasteiger partial charge in [-0.25, -0.2) is 0 Å². The van der Waals surface area contributed by atoms with Crippen LogP contribution in [-0.4, -0.2) is 4.57 Å². The number of benzene rings is 6. The summed E-state index contributed by atoms with van der Waals surface area (Å²) in [4.78, 5) is 0. The fraction of sp³-hybridized carbons (Fsp3) is 0.0270. The molecule has 0 spiro atoms. The molecule has 0 fully saturated rings. The van der Waals surface area contributed by atoms with Gasteiger partial charge in [0.05, 0.1) is 11.0 Å². The van der Waals surface area contributed by atoms with Gasteiger partial charge in [-0.3, -0.25) is 0 Å². The van der Waals surface area contributed by atoms with Crippen LogP contribution in [0, 0.1) is 6.92 Å². The highest BCUT2D eigenvalue weighted by atomic mass is 16.3. The smallest absolute Gasteiger partial charge is 0.136 e. The van der Waals surface area contributed by atoms with Crippen LogP contribution in [-0.2, 0) is 0 Å². The molecule has 3 nitrogen and oxygen atoms in total. The largest absolute Gasteiger partial charge is 0.456 e. The molecule has 9 aromatic rings. The van der Waals surface area contributed by atoms with Crippen molar-refractivity contribution in [1.82, 2.24) is 4.57 Å². The predicted octanol–water partition coefficient (Wildman–Crippen LogP) is 10.6. The minimum atomic E-state index is 0.882. The van der Waals surface area contributed by atoms with E-state index in [9.17, 15) is 0 Å². The first-order valence-corrected chi connectivity index (χ1v) is 13.6. The fourth-order valence-corrected chi connectivity index (χ4v) is 6.35. The van der Waals surface area contributed by atoms with Crippen molar-refractivity contribution < 1.29 is 8.83 Å². The highest BCUT2D eigenvalue weighted by molar-refractivity contribution is 6.11. The van der Waals surface area contributed by atoms with Gasteiger partial charge in [0.25, 0.3) is 0 Å². The summed E-state index contributed by atoms with van der Waals surface area (Å²) >= 11 is 0. The van der Waals surface area contributed by atoms with E-state index in [2.05, 4.69) is 133 Å². The highest BCUT2D eigenvalue weighted by Gasteiger charge is 2.15. The Balaban J connectivity index is 1.19. The Kier molecular flexibility index (Phi) is 4.26. The SMILES string of the molecule is Cc1ccc2c(c1)oc1cc(-c3ccc4c(c3)oc3ccc(-n5c6ccccc6c6ccccc65)cc34)ccc12. The van der Waals surface area contributed by atoms with Gasteiger partial charge in [0.2, 0.25) is 0 Å². The van der Waals surface area contributed by atoms with Gasteiger partial charge in [0.15, 0.2) is 0 Å². The Bertz CT molecular complexity index is 2400. The number of rotatable bonds is 2. The van der Waals surface area contributed by atoms with E-state index in [1.165, 1.54) is 27.4 Å². The van der Waals surface area contributed by atoms with Crippen LogP contribution in [0.3, 0.4) is 0 Å². The quantitative estimate of drug-likeness (QED) is 0.230. The van der Waals surface area contributed by atoms with Crippen molar-refractivity contribution in [2.75, 3.05) is 0 Å². The number of hydrogen-bond acceptors (Lipinski definition) is 2. The summed E-state index contributed by atoms with van der Waals surface area (Å²) in [6.07, 6.45) is 0. The molecule has 3 heteroatoms. The van der Waals surface area contributed by atoms with Crippen molar-refractivity contribution in [3.63, 3.8) is 0 Å². The predicted molar refractivity (Wildman–Crippen MR) is 166 cm³/mol. The van der Waals surface area contributed by atoms with E-state index in [0.717, 1.165) is 60.7 Å². The van der Waals surface area contributed by atoms with Crippen LogP contribution in [0.5, 0.6) is 0 Å². The zero-order valence-corrected chi connectivity index (χ0v) is 21.8. The number of nitrogens with zero attached hydrogens (tertiary/aromatic N) is 1. The first kappa shape index (κ1) is 21.6. The average Bonchev–Trinajstić information content (AvgIpc) is 3.64. The number of hydrogen-bond donors (Lipinski definition) is 0. The standard InChI is InChI=1S/C37H23NO2/c1-22-10-14-28-29-15-11-23(19-36(29)40-35(28)18-22)24-12-16-30-31-21-25(13-17-34(31)39-37(30)20-24)38-32-8-4-2-6-26(32)27-7-3-5-9-33(27)38/h2-21H,1H3. The van der Waals surface area contributed by atoms with Crippen LogP contribution in [0.25, 0.3) is 82.5 Å².